The molecule has 1 fully saturated rings. The molecule has 1 saturated heterocycles. The molecule has 1 heterocycles. The van der Waals surface area contributed by atoms with Crippen molar-refractivity contribution >= 4 is 40.7 Å². The molecule has 82 valence electrons. The Morgan fingerprint density at radius 1 is 1.43 bits per heavy atom. The number of nitrogens with one attached hydrogen (secondary N) is 1. The molecular formula is C8H13Cl3N2O. The van der Waals surface area contributed by atoms with Gasteiger partial charge in [0.25, 0.3) is 9.70 Å². The lowest BCUT2D eigenvalue weighted by molar-refractivity contribution is -0.136. The molecular weight excluding hydrogens is 246 g/mol. The van der Waals surface area contributed by atoms with E-state index in [0.29, 0.717) is 13.1 Å². The van der Waals surface area contributed by atoms with Crippen LogP contribution in [0.4, 0.5) is 0 Å². The molecule has 0 unspecified atom stereocenters. The fraction of sp³-hybridized carbons (Fsp3) is 0.875. The molecule has 0 aromatic rings. The second-order valence-corrected chi connectivity index (χ2v) is 6.22. The third-order valence-corrected chi connectivity index (χ3v) is 2.77. The fourth-order valence-electron chi connectivity index (χ4n) is 1.51. The quantitative estimate of drug-likeness (QED) is 0.670. The molecule has 1 rings (SSSR count). The van der Waals surface area contributed by atoms with Gasteiger partial charge in [-0.3, -0.25) is 4.79 Å². The number of rotatable bonds is 0. The maximum Gasteiger partial charge on any atom is 0.275 e. The normalized spacial score (nSPS) is 22.2. The van der Waals surface area contributed by atoms with Gasteiger partial charge in [0.1, 0.15) is 0 Å². The van der Waals surface area contributed by atoms with Crippen molar-refractivity contribution in [3.05, 3.63) is 0 Å². The Labute approximate surface area is 98.7 Å². The van der Waals surface area contributed by atoms with Gasteiger partial charge in [0.15, 0.2) is 0 Å². The van der Waals surface area contributed by atoms with E-state index in [1.54, 1.807) is 4.90 Å². The summed E-state index contributed by atoms with van der Waals surface area (Å²) in [6, 6.07) is 0. The Morgan fingerprint density at radius 2 is 2.00 bits per heavy atom. The van der Waals surface area contributed by atoms with Crippen molar-refractivity contribution in [1.29, 1.82) is 0 Å². The van der Waals surface area contributed by atoms with Gasteiger partial charge in [-0.2, -0.15) is 0 Å². The van der Waals surface area contributed by atoms with E-state index in [1.165, 1.54) is 0 Å². The standard InChI is InChI=1S/C8H13Cl3N2O/c1-7(2)5-12-3-4-13(7)6(14)8(9,10)11/h12H,3-5H2,1-2H3. The van der Waals surface area contributed by atoms with Gasteiger partial charge >= 0.3 is 0 Å². The minimum atomic E-state index is -1.85. The van der Waals surface area contributed by atoms with Gasteiger partial charge in [-0.1, -0.05) is 34.8 Å². The van der Waals surface area contributed by atoms with Crippen LogP contribution in [0.2, 0.25) is 0 Å². The molecule has 0 atom stereocenters. The number of amides is 1. The van der Waals surface area contributed by atoms with Gasteiger partial charge < -0.3 is 10.2 Å². The van der Waals surface area contributed by atoms with Crippen LogP contribution in [0.25, 0.3) is 0 Å². The molecule has 0 spiro atoms. The van der Waals surface area contributed by atoms with E-state index < -0.39 is 9.70 Å². The summed E-state index contributed by atoms with van der Waals surface area (Å²) in [6.07, 6.45) is 0. The number of carbonyl (C=O) groups excluding carboxylic acids is 1. The Kier molecular flexibility index (Phi) is 3.58. The highest BCUT2D eigenvalue weighted by Crippen LogP contribution is 2.31. The van der Waals surface area contributed by atoms with E-state index in [2.05, 4.69) is 5.32 Å². The van der Waals surface area contributed by atoms with E-state index in [9.17, 15) is 4.79 Å². The molecule has 1 N–H and O–H groups in total. The van der Waals surface area contributed by atoms with E-state index in [4.69, 9.17) is 34.8 Å². The summed E-state index contributed by atoms with van der Waals surface area (Å²) in [6.45, 7) is 5.88. The van der Waals surface area contributed by atoms with Gasteiger partial charge in [-0.05, 0) is 13.8 Å². The Bertz CT molecular complexity index is 237. The minimum absolute atomic E-state index is 0.306. The lowest BCUT2D eigenvalue weighted by Gasteiger charge is -2.43. The van der Waals surface area contributed by atoms with Crippen LogP contribution >= 0.6 is 34.8 Å². The molecule has 0 aliphatic carbocycles. The highest BCUT2D eigenvalue weighted by atomic mass is 35.6. The first-order chi connectivity index (χ1) is 6.25. The summed E-state index contributed by atoms with van der Waals surface area (Å²) >= 11 is 16.7. The van der Waals surface area contributed by atoms with Gasteiger partial charge in [-0.25, -0.2) is 0 Å². The van der Waals surface area contributed by atoms with Gasteiger partial charge in [0.05, 0.1) is 0 Å². The van der Waals surface area contributed by atoms with Crippen LogP contribution in [0.1, 0.15) is 13.8 Å². The number of alkyl halides is 3. The van der Waals surface area contributed by atoms with Crippen molar-refractivity contribution in [2.45, 2.75) is 23.2 Å². The van der Waals surface area contributed by atoms with E-state index in [-0.39, 0.29) is 5.54 Å². The first kappa shape index (κ1) is 12.4. The Morgan fingerprint density at radius 3 is 2.43 bits per heavy atom. The van der Waals surface area contributed by atoms with Gasteiger partial charge in [0, 0.05) is 25.2 Å². The van der Waals surface area contributed by atoms with Crippen LogP contribution in [-0.4, -0.2) is 39.8 Å². The van der Waals surface area contributed by atoms with Crippen molar-refractivity contribution in [2.24, 2.45) is 0 Å². The van der Waals surface area contributed by atoms with Crippen molar-refractivity contribution in [1.82, 2.24) is 10.2 Å². The molecule has 0 bridgehead atoms. The zero-order valence-electron chi connectivity index (χ0n) is 8.11. The first-order valence-electron chi connectivity index (χ1n) is 4.35. The van der Waals surface area contributed by atoms with Crippen LogP contribution in [0.15, 0.2) is 0 Å². The number of nitrogens with zero attached hydrogens (tertiary/aromatic N) is 1. The largest absolute Gasteiger partial charge is 0.331 e. The molecule has 3 nitrogen and oxygen atoms in total. The molecule has 1 amide bonds. The SMILES string of the molecule is CC1(C)CNCCN1C(=O)C(Cl)(Cl)Cl. The van der Waals surface area contributed by atoms with Crippen molar-refractivity contribution in [2.75, 3.05) is 19.6 Å². The monoisotopic (exact) mass is 258 g/mol. The topological polar surface area (TPSA) is 32.3 Å². The highest BCUT2D eigenvalue weighted by Gasteiger charge is 2.42. The number of halogens is 3. The van der Waals surface area contributed by atoms with E-state index in [1.807, 2.05) is 13.8 Å². The molecule has 0 radical (unpaired) electrons. The number of hydrogen-bond donors (Lipinski definition) is 1. The molecule has 1 aliphatic heterocycles. The second kappa shape index (κ2) is 4.05. The lowest BCUT2D eigenvalue weighted by atomic mass is 10.0. The molecule has 6 heteroatoms. The van der Waals surface area contributed by atoms with E-state index >= 15 is 0 Å². The van der Waals surface area contributed by atoms with Crippen molar-refractivity contribution < 1.29 is 4.79 Å². The highest BCUT2D eigenvalue weighted by molar-refractivity contribution is 6.76. The smallest absolute Gasteiger partial charge is 0.275 e. The molecule has 0 saturated carbocycles. The first-order valence-corrected chi connectivity index (χ1v) is 5.48. The zero-order chi connectivity index (χ0) is 11.0. The third kappa shape index (κ3) is 2.66. The predicted octanol–water partition coefficient (Wildman–Crippen LogP) is 1.57. The Balaban J connectivity index is 2.80. The minimum Gasteiger partial charge on any atom is -0.331 e. The summed E-state index contributed by atoms with van der Waals surface area (Å²) in [5, 5.41) is 3.19. The van der Waals surface area contributed by atoms with Crippen molar-refractivity contribution in [3.63, 3.8) is 0 Å². The zero-order valence-corrected chi connectivity index (χ0v) is 10.4. The summed E-state index contributed by atoms with van der Waals surface area (Å²) in [7, 11) is 0. The number of carbonyl (C=O) groups is 1. The van der Waals surface area contributed by atoms with Crippen molar-refractivity contribution in [3.8, 4) is 0 Å². The average Bonchev–Trinajstić information content (AvgIpc) is 2.00. The summed E-state index contributed by atoms with van der Waals surface area (Å²) in [4.78, 5) is 13.3. The Hall–Kier alpha value is 0.300. The number of piperazine rings is 1. The van der Waals surface area contributed by atoms with E-state index in [0.717, 1.165) is 6.54 Å². The summed E-state index contributed by atoms with van der Waals surface area (Å²) < 4.78 is -1.85. The van der Waals surface area contributed by atoms with Gasteiger partial charge in [-0.15, -0.1) is 0 Å². The molecule has 0 aromatic carbocycles. The van der Waals surface area contributed by atoms with Crippen LogP contribution in [0.3, 0.4) is 0 Å². The maximum atomic E-state index is 11.7. The predicted molar refractivity (Wildman–Crippen MR) is 59.0 cm³/mol. The molecule has 14 heavy (non-hydrogen) atoms. The van der Waals surface area contributed by atoms with Gasteiger partial charge in [0.2, 0.25) is 0 Å². The lowest BCUT2D eigenvalue weighted by Crippen LogP contribution is -2.62. The molecule has 1 aliphatic rings. The molecule has 0 aromatic heterocycles. The maximum absolute atomic E-state index is 11.7. The van der Waals surface area contributed by atoms with Crippen LogP contribution < -0.4 is 5.32 Å². The van der Waals surface area contributed by atoms with Crippen LogP contribution in [0.5, 0.6) is 0 Å². The second-order valence-electron chi connectivity index (χ2n) is 3.94. The summed E-state index contributed by atoms with van der Waals surface area (Å²) in [5.41, 5.74) is -0.306. The third-order valence-electron chi connectivity index (χ3n) is 2.29. The summed E-state index contributed by atoms with van der Waals surface area (Å²) in [5.74, 6) is -0.450. The average molecular weight is 260 g/mol. The van der Waals surface area contributed by atoms with Crippen LogP contribution in [0, 0.1) is 0 Å². The van der Waals surface area contributed by atoms with Crippen LogP contribution in [-0.2, 0) is 4.79 Å². The fourth-order valence-corrected chi connectivity index (χ4v) is 1.82. The number of hydrogen-bond acceptors (Lipinski definition) is 2.